The van der Waals surface area contributed by atoms with Crippen LogP contribution in [0.3, 0.4) is 0 Å². The topological polar surface area (TPSA) is 34.9 Å². The van der Waals surface area contributed by atoms with Gasteiger partial charge in [-0.25, -0.2) is 0 Å². The maximum absolute atomic E-state index is 11.2. The van der Waals surface area contributed by atoms with Crippen molar-refractivity contribution >= 4 is 29.5 Å². The maximum atomic E-state index is 11.2. The Kier molecular flexibility index (Phi) is 4.27. The average Bonchev–Trinajstić information content (AvgIpc) is 2.74. The second kappa shape index (κ2) is 5.76. The third-order valence-corrected chi connectivity index (χ3v) is 3.49. The van der Waals surface area contributed by atoms with Crippen molar-refractivity contribution in [2.45, 2.75) is 20.4 Å². The maximum Gasteiger partial charge on any atom is 0.153 e. The first kappa shape index (κ1) is 14.1. The molecule has 0 saturated carbocycles. The molecule has 0 bridgehead atoms. The number of nitrogens with zero attached hydrogens (tertiary/aromatic N) is 2. The average molecular weight is 297 g/mol. The Hall–Kier alpha value is -1.32. The molecule has 0 radical (unpaired) electrons. The van der Waals surface area contributed by atoms with Crippen molar-refractivity contribution in [2.24, 2.45) is 5.92 Å². The number of carbonyl (C=O) groups is 1. The first-order valence-corrected chi connectivity index (χ1v) is 6.75. The Labute approximate surface area is 122 Å². The van der Waals surface area contributed by atoms with E-state index in [2.05, 4.69) is 18.9 Å². The molecule has 1 aromatic heterocycles. The SMILES string of the molecule is CC(C)Cn1cc(C=O)c(-c2cccc(Cl)c2Cl)n1. The van der Waals surface area contributed by atoms with E-state index in [0.717, 1.165) is 12.8 Å². The Bertz CT molecular complexity index is 605. The smallest absolute Gasteiger partial charge is 0.153 e. The van der Waals surface area contributed by atoms with Crippen LogP contribution in [0.5, 0.6) is 0 Å². The fourth-order valence-corrected chi connectivity index (χ4v) is 2.28. The molecule has 0 aliphatic rings. The minimum absolute atomic E-state index is 0.419. The van der Waals surface area contributed by atoms with Crippen LogP contribution in [-0.4, -0.2) is 16.1 Å². The lowest BCUT2D eigenvalue weighted by molar-refractivity contribution is 0.112. The van der Waals surface area contributed by atoms with E-state index in [4.69, 9.17) is 23.2 Å². The molecule has 3 nitrogen and oxygen atoms in total. The molecular formula is C14H14Cl2N2O. The van der Waals surface area contributed by atoms with E-state index in [1.54, 1.807) is 23.0 Å². The van der Waals surface area contributed by atoms with E-state index in [0.29, 0.717) is 32.8 Å². The first-order valence-electron chi connectivity index (χ1n) is 6.00. The molecule has 0 atom stereocenters. The van der Waals surface area contributed by atoms with Crippen LogP contribution in [0.1, 0.15) is 24.2 Å². The highest BCUT2D eigenvalue weighted by atomic mass is 35.5. The summed E-state index contributed by atoms with van der Waals surface area (Å²) in [6.07, 6.45) is 2.52. The van der Waals surface area contributed by atoms with Crippen molar-refractivity contribution in [3.05, 3.63) is 40.0 Å². The standard InChI is InChI=1S/C14H14Cl2N2O/c1-9(2)6-18-7-10(8-19)14(17-18)11-4-3-5-12(15)13(11)16/h3-5,7-9H,6H2,1-2H3. The van der Waals surface area contributed by atoms with Crippen molar-refractivity contribution in [3.8, 4) is 11.3 Å². The van der Waals surface area contributed by atoms with Gasteiger partial charge < -0.3 is 0 Å². The zero-order valence-electron chi connectivity index (χ0n) is 10.7. The number of aldehydes is 1. The number of benzene rings is 1. The lowest BCUT2D eigenvalue weighted by atomic mass is 10.1. The predicted octanol–water partition coefficient (Wildman–Crippen LogP) is 4.33. The number of carbonyl (C=O) groups excluding carboxylic acids is 1. The summed E-state index contributed by atoms with van der Waals surface area (Å²) < 4.78 is 1.76. The fraction of sp³-hybridized carbons (Fsp3) is 0.286. The molecule has 5 heteroatoms. The normalized spacial score (nSPS) is 11.0. The summed E-state index contributed by atoms with van der Waals surface area (Å²) in [4.78, 5) is 11.2. The van der Waals surface area contributed by atoms with E-state index in [1.807, 2.05) is 6.07 Å². The van der Waals surface area contributed by atoms with Crippen LogP contribution in [0.4, 0.5) is 0 Å². The molecule has 0 spiro atoms. The number of rotatable bonds is 4. The molecule has 0 unspecified atom stereocenters. The van der Waals surface area contributed by atoms with E-state index >= 15 is 0 Å². The van der Waals surface area contributed by atoms with Crippen LogP contribution in [0.2, 0.25) is 10.0 Å². The van der Waals surface area contributed by atoms with Crippen LogP contribution in [-0.2, 0) is 6.54 Å². The van der Waals surface area contributed by atoms with Crippen LogP contribution in [0.25, 0.3) is 11.3 Å². The monoisotopic (exact) mass is 296 g/mol. The lowest BCUT2D eigenvalue weighted by Crippen LogP contribution is -2.04. The van der Waals surface area contributed by atoms with Gasteiger partial charge in [0.15, 0.2) is 6.29 Å². The quantitative estimate of drug-likeness (QED) is 0.787. The molecule has 19 heavy (non-hydrogen) atoms. The zero-order valence-corrected chi connectivity index (χ0v) is 12.2. The third-order valence-electron chi connectivity index (χ3n) is 2.68. The van der Waals surface area contributed by atoms with Crippen molar-refractivity contribution in [1.82, 2.24) is 9.78 Å². The summed E-state index contributed by atoms with van der Waals surface area (Å²) in [6.45, 7) is 4.93. The number of hydrogen-bond acceptors (Lipinski definition) is 2. The summed E-state index contributed by atoms with van der Waals surface area (Å²) in [6, 6.07) is 5.31. The van der Waals surface area contributed by atoms with Gasteiger partial charge >= 0.3 is 0 Å². The second-order valence-corrected chi connectivity index (χ2v) is 5.55. The molecule has 2 aromatic rings. The predicted molar refractivity (Wildman–Crippen MR) is 77.9 cm³/mol. The summed E-state index contributed by atoms with van der Waals surface area (Å²) in [5.41, 5.74) is 1.77. The third kappa shape index (κ3) is 2.99. The van der Waals surface area contributed by atoms with Crippen molar-refractivity contribution in [3.63, 3.8) is 0 Å². The Morgan fingerprint density at radius 2 is 2.11 bits per heavy atom. The largest absolute Gasteiger partial charge is 0.298 e. The number of halogens is 2. The molecule has 0 fully saturated rings. The van der Waals surface area contributed by atoms with Gasteiger partial charge in [0.1, 0.15) is 5.69 Å². The van der Waals surface area contributed by atoms with Gasteiger partial charge in [0.2, 0.25) is 0 Å². The van der Waals surface area contributed by atoms with E-state index in [1.165, 1.54) is 0 Å². The van der Waals surface area contributed by atoms with E-state index in [-0.39, 0.29) is 0 Å². The van der Waals surface area contributed by atoms with Crippen molar-refractivity contribution < 1.29 is 4.79 Å². The van der Waals surface area contributed by atoms with Crippen LogP contribution >= 0.6 is 23.2 Å². The first-order chi connectivity index (χ1) is 9.02. The molecule has 0 N–H and O–H groups in total. The van der Waals surface area contributed by atoms with Crippen LogP contribution in [0, 0.1) is 5.92 Å². The van der Waals surface area contributed by atoms with Crippen molar-refractivity contribution in [1.29, 1.82) is 0 Å². The van der Waals surface area contributed by atoms with Gasteiger partial charge in [-0.05, 0) is 12.0 Å². The lowest BCUT2D eigenvalue weighted by Gasteiger charge is -2.05. The molecule has 0 aliphatic heterocycles. The summed E-state index contributed by atoms with van der Waals surface area (Å²) in [5.74, 6) is 0.446. The van der Waals surface area contributed by atoms with Gasteiger partial charge in [0.05, 0.1) is 15.6 Å². The Balaban J connectivity index is 2.52. The van der Waals surface area contributed by atoms with Crippen LogP contribution < -0.4 is 0 Å². The minimum Gasteiger partial charge on any atom is -0.298 e. The second-order valence-electron chi connectivity index (χ2n) is 4.77. The Morgan fingerprint density at radius 1 is 1.37 bits per heavy atom. The van der Waals surface area contributed by atoms with E-state index < -0.39 is 0 Å². The molecule has 0 amide bonds. The van der Waals surface area contributed by atoms with E-state index in [9.17, 15) is 4.79 Å². The number of aromatic nitrogens is 2. The van der Waals surface area contributed by atoms with Crippen molar-refractivity contribution in [2.75, 3.05) is 0 Å². The molecule has 0 aliphatic carbocycles. The highest BCUT2D eigenvalue weighted by Gasteiger charge is 2.15. The van der Waals surface area contributed by atoms with Gasteiger partial charge in [0.25, 0.3) is 0 Å². The molecule has 100 valence electrons. The zero-order chi connectivity index (χ0) is 14.0. The molecule has 1 heterocycles. The molecule has 2 rings (SSSR count). The van der Waals surface area contributed by atoms with Gasteiger partial charge in [0, 0.05) is 18.3 Å². The van der Waals surface area contributed by atoms with Crippen LogP contribution in [0.15, 0.2) is 24.4 Å². The Morgan fingerprint density at radius 3 is 2.74 bits per heavy atom. The highest BCUT2D eigenvalue weighted by molar-refractivity contribution is 6.43. The van der Waals surface area contributed by atoms with Gasteiger partial charge in [-0.2, -0.15) is 5.10 Å². The summed E-state index contributed by atoms with van der Waals surface area (Å²) >= 11 is 12.2. The molecular weight excluding hydrogens is 283 g/mol. The van der Waals surface area contributed by atoms with Gasteiger partial charge in [-0.1, -0.05) is 49.2 Å². The summed E-state index contributed by atoms with van der Waals surface area (Å²) in [5, 5.41) is 5.31. The molecule has 1 aromatic carbocycles. The van der Waals surface area contributed by atoms with Gasteiger partial charge in [-0.15, -0.1) is 0 Å². The molecule has 0 saturated heterocycles. The highest BCUT2D eigenvalue weighted by Crippen LogP contribution is 2.33. The number of hydrogen-bond donors (Lipinski definition) is 0. The minimum atomic E-state index is 0.419. The summed E-state index contributed by atoms with van der Waals surface area (Å²) in [7, 11) is 0. The fourth-order valence-electron chi connectivity index (χ4n) is 1.89. The van der Waals surface area contributed by atoms with Gasteiger partial charge in [-0.3, -0.25) is 9.48 Å².